The summed E-state index contributed by atoms with van der Waals surface area (Å²) in [6.45, 7) is 7.72. The van der Waals surface area contributed by atoms with Gasteiger partial charge in [0, 0.05) is 12.6 Å². The van der Waals surface area contributed by atoms with Gasteiger partial charge in [-0.2, -0.15) is 0 Å². The molecule has 0 bridgehead atoms. The first kappa shape index (κ1) is 15.5. The van der Waals surface area contributed by atoms with Crippen molar-refractivity contribution >= 4 is 5.91 Å². The fourth-order valence-electron chi connectivity index (χ4n) is 1.62. The molecule has 0 saturated heterocycles. The summed E-state index contributed by atoms with van der Waals surface area (Å²) >= 11 is 0. The molecule has 106 valence electrons. The van der Waals surface area contributed by atoms with Crippen molar-refractivity contribution in [2.75, 3.05) is 19.7 Å². The highest BCUT2D eigenvalue weighted by Crippen LogP contribution is 2.12. The van der Waals surface area contributed by atoms with Gasteiger partial charge in [0.15, 0.2) is 0 Å². The van der Waals surface area contributed by atoms with Crippen LogP contribution >= 0.6 is 0 Å². The number of benzene rings is 1. The van der Waals surface area contributed by atoms with Crippen molar-refractivity contribution in [2.45, 2.75) is 33.2 Å². The van der Waals surface area contributed by atoms with E-state index in [4.69, 9.17) is 4.74 Å². The van der Waals surface area contributed by atoms with Gasteiger partial charge in [0.25, 0.3) is 0 Å². The minimum absolute atomic E-state index is 0.0413. The zero-order valence-corrected chi connectivity index (χ0v) is 12.0. The SMILES string of the molecule is CCOc1ccc(CCNC(=O)CNC(C)C)cc1. The van der Waals surface area contributed by atoms with E-state index in [1.54, 1.807) is 0 Å². The summed E-state index contributed by atoms with van der Waals surface area (Å²) in [6.07, 6.45) is 0.833. The van der Waals surface area contributed by atoms with E-state index < -0.39 is 0 Å². The summed E-state index contributed by atoms with van der Waals surface area (Å²) in [5.41, 5.74) is 1.19. The summed E-state index contributed by atoms with van der Waals surface area (Å²) < 4.78 is 5.38. The van der Waals surface area contributed by atoms with Crippen LogP contribution in [0.1, 0.15) is 26.3 Å². The van der Waals surface area contributed by atoms with Crippen LogP contribution in [0.3, 0.4) is 0 Å². The van der Waals surface area contributed by atoms with Gasteiger partial charge in [-0.15, -0.1) is 0 Å². The predicted octanol–water partition coefficient (Wildman–Crippen LogP) is 1.74. The van der Waals surface area contributed by atoms with Gasteiger partial charge in [0.05, 0.1) is 13.2 Å². The van der Waals surface area contributed by atoms with E-state index in [1.807, 2.05) is 45.0 Å². The van der Waals surface area contributed by atoms with Crippen LogP contribution in [0.4, 0.5) is 0 Å². The molecule has 0 unspecified atom stereocenters. The fourth-order valence-corrected chi connectivity index (χ4v) is 1.62. The highest BCUT2D eigenvalue weighted by molar-refractivity contribution is 5.77. The maximum Gasteiger partial charge on any atom is 0.233 e. The van der Waals surface area contributed by atoms with E-state index in [1.165, 1.54) is 5.56 Å². The Morgan fingerprint density at radius 3 is 2.53 bits per heavy atom. The Labute approximate surface area is 115 Å². The smallest absolute Gasteiger partial charge is 0.233 e. The quantitative estimate of drug-likeness (QED) is 0.752. The van der Waals surface area contributed by atoms with Crippen molar-refractivity contribution in [1.82, 2.24) is 10.6 Å². The normalized spacial score (nSPS) is 10.5. The van der Waals surface area contributed by atoms with Gasteiger partial charge in [-0.05, 0) is 31.0 Å². The lowest BCUT2D eigenvalue weighted by Crippen LogP contribution is -2.37. The van der Waals surface area contributed by atoms with Gasteiger partial charge in [0.2, 0.25) is 5.91 Å². The van der Waals surface area contributed by atoms with Crippen LogP contribution < -0.4 is 15.4 Å². The Morgan fingerprint density at radius 2 is 1.95 bits per heavy atom. The minimum Gasteiger partial charge on any atom is -0.494 e. The molecule has 0 aliphatic carbocycles. The van der Waals surface area contributed by atoms with Gasteiger partial charge in [-0.3, -0.25) is 4.79 Å². The van der Waals surface area contributed by atoms with Gasteiger partial charge in [-0.1, -0.05) is 26.0 Å². The van der Waals surface area contributed by atoms with Crippen LogP contribution in [-0.2, 0) is 11.2 Å². The molecule has 1 aromatic carbocycles. The van der Waals surface area contributed by atoms with E-state index in [0.29, 0.717) is 25.7 Å². The zero-order chi connectivity index (χ0) is 14.1. The molecule has 0 spiro atoms. The Kier molecular flexibility index (Phi) is 6.97. The largest absolute Gasteiger partial charge is 0.494 e. The fraction of sp³-hybridized carbons (Fsp3) is 0.533. The van der Waals surface area contributed by atoms with Gasteiger partial charge >= 0.3 is 0 Å². The van der Waals surface area contributed by atoms with Crippen LogP contribution in [0.15, 0.2) is 24.3 Å². The number of hydrogen-bond donors (Lipinski definition) is 2. The number of carbonyl (C=O) groups excluding carboxylic acids is 1. The Bertz CT molecular complexity index is 374. The van der Waals surface area contributed by atoms with Crippen LogP contribution in [0.2, 0.25) is 0 Å². The minimum atomic E-state index is 0.0413. The molecule has 0 heterocycles. The van der Waals surface area contributed by atoms with E-state index >= 15 is 0 Å². The molecule has 0 aliphatic heterocycles. The van der Waals surface area contributed by atoms with Crippen molar-refractivity contribution in [1.29, 1.82) is 0 Å². The number of carbonyl (C=O) groups is 1. The van der Waals surface area contributed by atoms with E-state index in [-0.39, 0.29) is 5.91 Å². The third-order valence-corrected chi connectivity index (χ3v) is 2.64. The number of amides is 1. The molecule has 1 rings (SSSR count). The van der Waals surface area contributed by atoms with Gasteiger partial charge in [-0.25, -0.2) is 0 Å². The zero-order valence-electron chi connectivity index (χ0n) is 12.0. The van der Waals surface area contributed by atoms with Gasteiger partial charge in [0.1, 0.15) is 5.75 Å². The van der Waals surface area contributed by atoms with Crippen LogP contribution in [0, 0.1) is 0 Å². The second-order valence-corrected chi connectivity index (χ2v) is 4.71. The summed E-state index contributed by atoms with van der Waals surface area (Å²) in [5.74, 6) is 0.927. The Balaban J connectivity index is 2.23. The number of rotatable bonds is 8. The van der Waals surface area contributed by atoms with E-state index in [9.17, 15) is 4.79 Å². The molecule has 1 amide bonds. The van der Waals surface area contributed by atoms with Gasteiger partial charge < -0.3 is 15.4 Å². The third kappa shape index (κ3) is 6.82. The monoisotopic (exact) mass is 264 g/mol. The van der Waals surface area contributed by atoms with E-state index in [0.717, 1.165) is 12.2 Å². The molecule has 4 heteroatoms. The summed E-state index contributed by atoms with van der Waals surface area (Å²) in [4.78, 5) is 11.5. The lowest BCUT2D eigenvalue weighted by atomic mass is 10.1. The van der Waals surface area contributed by atoms with E-state index in [2.05, 4.69) is 10.6 Å². The van der Waals surface area contributed by atoms with Crippen molar-refractivity contribution in [3.05, 3.63) is 29.8 Å². The second kappa shape index (κ2) is 8.53. The maximum atomic E-state index is 11.5. The lowest BCUT2D eigenvalue weighted by Gasteiger charge is -2.09. The molecule has 0 atom stereocenters. The predicted molar refractivity (Wildman–Crippen MR) is 77.5 cm³/mol. The Morgan fingerprint density at radius 1 is 1.26 bits per heavy atom. The number of ether oxygens (including phenoxy) is 1. The highest BCUT2D eigenvalue weighted by atomic mass is 16.5. The van der Waals surface area contributed by atoms with Crippen molar-refractivity contribution in [2.24, 2.45) is 0 Å². The second-order valence-electron chi connectivity index (χ2n) is 4.71. The van der Waals surface area contributed by atoms with Crippen LogP contribution in [0.5, 0.6) is 5.75 Å². The number of hydrogen-bond acceptors (Lipinski definition) is 3. The molecule has 0 fully saturated rings. The number of nitrogens with one attached hydrogen (secondary N) is 2. The molecular formula is C15H24N2O2. The van der Waals surface area contributed by atoms with Crippen LogP contribution in [-0.4, -0.2) is 31.6 Å². The first-order valence-corrected chi connectivity index (χ1v) is 6.83. The average Bonchev–Trinajstić information content (AvgIpc) is 2.39. The lowest BCUT2D eigenvalue weighted by molar-refractivity contribution is -0.120. The van der Waals surface area contributed by atoms with Crippen molar-refractivity contribution in [3.63, 3.8) is 0 Å². The average molecular weight is 264 g/mol. The molecule has 19 heavy (non-hydrogen) atoms. The molecule has 0 radical (unpaired) electrons. The third-order valence-electron chi connectivity index (χ3n) is 2.64. The molecule has 0 saturated carbocycles. The summed E-state index contributed by atoms with van der Waals surface area (Å²) in [5, 5.41) is 5.98. The maximum absolute atomic E-state index is 11.5. The molecule has 4 nitrogen and oxygen atoms in total. The topological polar surface area (TPSA) is 50.4 Å². The van der Waals surface area contributed by atoms with Crippen molar-refractivity contribution < 1.29 is 9.53 Å². The summed E-state index contributed by atoms with van der Waals surface area (Å²) in [7, 11) is 0. The first-order chi connectivity index (χ1) is 9.11. The molecule has 0 aromatic heterocycles. The van der Waals surface area contributed by atoms with Crippen LogP contribution in [0.25, 0.3) is 0 Å². The highest BCUT2D eigenvalue weighted by Gasteiger charge is 2.01. The molecular weight excluding hydrogens is 240 g/mol. The summed E-state index contributed by atoms with van der Waals surface area (Å²) in [6, 6.07) is 8.31. The standard InChI is InChI=1S/C15H24N2O2/c1-4-19-14-7-5-13(6-8-14)9-10-16-15(18)11-17-12(2)3/h5-8,12,17H,4,9-11H2,1-3H3,(H,16,18). The molecule has 0 aliphatic rings. The molecule has 2 N–H and O–H groups in total. The van der Waals surface area contributed by atoms with Crippen molar-refractivity contribution in [3.8, 4) is 5.75 Å². The molecule has 1 aromatic rings. The Hall–Kier alpha value is -1.55. The first-order valence-electron chi connectivity index (χ1n) is 6.83.